The Hall–Kier alpha value is -2.40. The van der Waals surface area contributed by atoms with Gasteiger partial charge in [0.25, 0.3) is 0 Å². The van der Waals surface area contributed by atoms with Gasteiger partial charge in [0.1, 0.15) is 5.02 Å². The van der Waals surface area contributed by atoms with E-state index in [1.165, 1.54) is 23.7 Å². The number of aromatic nitrogens is 3. The molecule has 0 radical (unpaired) electrons. The molecule has 23 heavy (non-hydrogen) atoms. The maximum Gasteiger partial charge on any atom is 0.224 e. The highest BCUT2D eigenvalue weighted by Crippen LogP contribution is 2.26. The van der Waals surface area contributed by atoms with Gasteiger partial charge in [0.05, 0.1) is 5.39 Å². The number of nitrogens with one attached hydrogen (secondary N) is 1. The molecule has 0 amide bonds. The van der Waals surface area contributed by atoms with Gasteiger partial charge in [-0.2, -0.15) is 4.98 Å². The molecule has 1 N–H and O–H groups in total. The van der Waals surface area contributed by atoms with Gasteiger partial charge in [-0.3, -0.25) is 9.36 Å². The number of hydrogen-bond donors (Lipinski definition) is 1. The zero-order valence-electron chi connectivity index (χ0n) is 12.6. The first kappa shape index (κ1) is 14.2. The molecular formula is C17H15ClN4O. The number of fused-ring (bicyclic) bond motifs is 2. The minimum Gasteiger partial charge on any atom is -0.357 e. The van der Waals surface area contributed by atoms with Gasteiger partial charge in [-0.05, 0) is 42.5 Å². The van der Waals surface area contributed by atoms with Gasteiger partial charge in [-0.15, -0.1) is 0 Å². The van der Waals surface area contributed by atoms with Gasteiger partial charge >= 0.3 is 0 Å². The average Bonchev–Trinajstić information content (AvgIpc) is 3.05. The van der Waals surface area contributed by atoms with Gasteiger partial charge in [0.2, 0.25) is 11.4 Å². The van der Waals surface area contributed by atoms with Crippen LogP contribution >= 0.6 is 11.6 Å². The monoisotopic (exact) mass is 326 g/mol. The predicted octanol–water partition coefficient (Wildman–Crippen LogP) is 2.96. The lowest BCUT2D eigenvalue weighted by molar-refractivity contribution is 0.911. The Kier molecular flexibility index (Phi) is 3.31. The normalized spacial score (nSPS) is 13.3. The van der Waals surface area contributed by atoms with Crippen molar-refractivity contribution in [2.75, 3.05) is 12.4 Å². The molecule has 5 nitrogen and oxygen atoms in total. The molecule has 2 heterocycles. The molecule has 0 fully saturated rings. The van der Waals surface area contributed by atoms with Crippen LogP contribution in [-0.2, 0) is 12.8 Å². The van der Waals surface area contributed by atoms with Crippen molar-refractivity contribution in [2.24, 2.45) is 0 Å². The Bertz CT molecular complexity index is 980. The second kappa shape index (κ2) is 5.35. The van der Waals surface area contributed by atoms with E-state index in [1.807, 2.05) is 10.6 Å². The molecule has 4 rings (SSSR count). The minimum absolute atomic E-state index is 0.166. The Balaban J connectivity index is 2.02. The van der Waals surface area contributed by atoms with Crippen LogP contribution in [0.2, 0.25) is 5.02 Å². The number of halogens is 1. The van der Waals surface area contributed by atoms with E-state index in [9.17, 15) is 4.79 Å². The van der Waals surface area contributed by atoms with Crippen molar-refractivity contribution < 1.29 is 0 Å². The molecule has 0 unspecified atom stereocenters. The lowest BCUT2D eigenvalue weighted by Gasteiger charge is -2.13. The van der Waals surface area contributed by atoms with Crippen LogP contribution in [-0.4, -0.2) is 21.6 Å². The van der Waals surface area contributed by atoms with Gasteiger partial charge in [0, 0.05) is 25.1 Å². The van der Waals surface area contributed by atoms with E-state index >= 15 is 0 Å². The quantitative estimate of drug-likeness (QED) is 0.786. The third kappa shape index (κ3) is 2.28. The maximum atomic E-state index is 12.3. The molecule has 6 heteroatoms. The van der Waals surface area contributed by atoms with Crippen molar-refractivity contribution >= 4 is 28.6 Å². The number of benzene rings is 1. The van der Waals surface area contributed by atoms with Crippen molar-refractivity contribution in [3.05, 3.63) is 57.0 Å². The molecule has 0 saturated carbocycles. The summed E-state index contributed by atoms with van der Waals surface area (Å²) in [5, 5.41) is 3.48. The number of pyridine rings is 1. The van der Waals surface area contributed by atoms with Crippen LogP contribution < -0.4 is 10.7 Å². The zero-order valence-corrected chi connectivity index (χ0v) is 13.4. The van der Waals surface area contributed by atoms with Crippen LogP contribution in [0.15, 0.2) is 35.4 Å². The van der Waals surface area contributed by atoms with E-state index in [0.717, 1.165) is 18.5 Å². The first-order valence-corrected chi connectivity index (χ1v) is 7.93. The summed E-state index contributed by atoms with van der Waals surface area (Å²) in [7, 11) is 1.74. The zero-order chi connectivity index (χ0) is 16.0. The van der Waals surface area contributed by atoms with E-state index in [4.69, 9.17) is 11.6 Å². The van der Waals surface area contributed by atoms with E-state index in [1.54, 1.807) is 13.2 Å². The fourth-order valence-electron chi connectivity index (χ4n) is 3.10. The molecule has 3 aromatic rings. The lowest BCUT2D eigenvalue weighted by atomic mass is 10.1. The number of aryl methyl sites for hydroxylation is 2. The number of rotatable bonds is 2. The highest BCUT2D eigenvalue weighted by atomic mass is 35.5. The van der Waals surface area contributed by atoms with Gasteiger partial charge < -0.3 is 5.32 Å². The van der Waals surface area contributed by atoms with E-state index < -0.39 is 0 Å². The van der Waals surface area contributed by atoms with Crippen LogP contribution in [0.5, 0.6) is 0 Å². The average molecular weight is 327 g/mol. The first-order chi connectivity index (χ1) is 11.2. The van der Waals surface area contributed by atoms with Gasteiger partial charge in [-0.1, -0.05) is 17.7 Å². The largest absolute Gasteiger partial charge is 0.357 e. The van der Waals surface area contributed by atoms with Crippen LogP contribution in [0.4, 0.5) is 5.95 Å². The van der Waals surface area contributed by atoms with Crippen LogP contribution in [0, 0.1) is 0 Å². The summed E-state index contributed by atoms with van der Waals surface area (Å²) in [5.41, 5.74) is 4.01. The van der Waals surface area contributed by atoms with Crippen molar-refractivity contribution in [2.45, 2.75) is 19.3 Å². The number of nitrogens with zero attached hydrogens (tertiary/aromatic N) is 3. The molecule has 1 aliphatic rings. The molecule has 116 valence electrons. The molecule has 0 aliphatic heterocycles. The smallest absolute Gasteiger partial charge is 0.224 e. The molecule has 0 atom stereocenters. The Morgan fingerprint density at radius 2 is 2.09 bits per heavy atom. The Labute approximate surface area is 138 Å². The van der Waals surface area contributed by atoms with Crippen LogP contribution in [0.25, 0.3) is 16.7 Å². The van der Waals surface area contributed by atoms with Crippen molar-refractivity contribution in [1.29, 1.82) is 0 Å². The van der Waals surface area contributed by atoms with Crippen LogP contribution in [0.1, 0.15) is 17.5 Å². The van der Waals surface area contributed by atoms with E-state index in [0.29, 0.717) is 17.0 Å². The minimum atomic E-state index is -0.248. The molecule has 1 aromatic carbocycles. The Morgan fingerprint density at radius 1 is 1.26 bits per heavy atom. The maximum absolute atomic E-state index is 12.3. The fraction of sp³-hybridized carbons (Fsp3) is 0.235. The molecule has 1 aliphatic carbocycles. The summed E-state index contributed by atoms with van der Waals surface area (Å²) in [6, 6.07) is 6.35. The second-order valence-electron chi connectivity index (χ2n) is 5.66. The third-order valence-electron chi connectivity index (χ3n) is 4.28. The topological polar surface area (TPSA) is 59.8 Å². The highest BCUT2D eigenvalue weighted by Gasteiger charge is 2.15. The van der Waals surface area contributed by atoms with Crippen LogP contribution in [0.3, 0.4) is 0 Å². The van der Waals surface area contributed by atoms with Crippen molar-refractivity contribution in [3.8, 4) is 5.69 Å². The summed E-state index contributed by atoms with van der Waals surface area (Å²) in [5.74, 6) is 0.467. The summed E-state index contributed by atoms with van der Waals surface area (Å²) < 4.78 is 1.86. The number of anilines is 1. The van der Waals surface area contributed by atoms with Gasteiger partial charge in [0.15, 0.2) is 5.65 Å². The molecular weight excluding hydrogens is 312 g/mol. The van der Waals surface area contributed by atoms with Crippen molar-refractivity contribution in [1.82, 2.24) is 14.5 Å². The summed E-state index contributed by atoms with van der Waals surface area (Å²) in [6.45, 7) is 0. The predicted molar refractivity (Wildman–Crippen MR) is 91.7 cm³/mol. The summed E-state index contributed by atoms with van der Waals surface area (Å²) >= 11 is 6.13. The summed E-state index contributed by atoms with van der Waals surface area (Å²) in [4.78, 5) is 20.8. The Morgan fingerprint density at radius 3 is 2.91 bits per heavy atom. The lowest BCUT2D eigenvalue weighted by Crippen LogP contribution is -2.12. The van der Waals surface area contributed by atoms with Gasteiger partial charge in [-0.25, -0.2) is 4.98 Å². The highest BCUT2D eigenvalue weighted by molar-refractivity contribution is 6.31. The second-order valence-corrected chi connectivity index (χ2v) is 6.07. The molecule has 2 aromatic heterocycles. The van der Waals surface area contributed by atoms with E-state index in [2.05, 4.69) is 27.4 Å². The fourth-order valence-corrected chi connectivity index (χ4v) is 3.30. The molecule has 0 bridgehead atoms. The molecule has 0 saturated heterocycles. The SMILES string of the molecule is CNc1ncc2c(=O)c(Cl)cn(-c3ccc4c(c3)CCC4)c2n1. The van der Waals surface area contributed by atoms with Crippen molar-refractivity contribution in [3.63, 3.8) is 0 Å². The third-order valence-corrected chi connectivity index (χ3v) is 4.55. The standard InChI is InChI=1S/C17H15ClN4O/c1-19-17-20-8-13-15(23)14(18)9-22(16(13)21-17)12-6-5-10-3-2-4-11(10)7-12/h5-9H,2-4H2,1H3,(H,19,20,21). The summed E-state index contributed by atoms with van der Waals surface area (Å²) in [6.07, 6.45) is 6.57. The molecule has 0 spiro atoms. The first-order valence-electron chi connectivity index (χ1n) is 7.55. The van der Waals surface area contributed by atoms with E-state index in [-0.39, 0.29) is 10.5 Å². The number of hydrogen-bond acceptors (Lipinski definition) is 4.